The molecule has 2 nitrogen and oxygen atoms in total. The van der Waals surface area contributed by atoms with Crippen LogP contribution in [-0.2, 0) is 0 Å². The van der Waals surface area contributed by atoms with Crippen LogP contribution in [-0.4, -0.2) is 4.98 Å². The van der Waals surface area contributed by atoms with E-state index in [1.54, 1.807) is 12.4 Å². The van der Waals surface area contributed by atoms with Crippen molar-refractivity contribution in [2.24, 2.45) is 0 Å². The van der Waals surface area contributed by atoms with E-state index < -0.39 is 0 Å². The van der Waals surface area contributed by atoms with Gasteiger partial charge < -0.3 is 9.97 Å². The molecule has 0 saturated heterocycles. The molecular weight excluding hydrogens is 331 g/mol. The minimum absolute atomic E-state index is 0. The number of imidazole rings is 1. The van der Waals surface area contributed by atoms with Crippen LogP contribution in [0.3, 0.4) is 0 Å². The molecule has 0 radical (unpaired) electrons. The topological polar surface area (TPSA) is 27.0 Å². The van der Waals surface area contributed by atoms with Crippen molar-refractivity contribution in [3.63, 3.8) is 0 Å². The fourth-order valence-corrected chi connectivity index (χ4v) is 0.192. The van der Waals surface area contributed by atoms with Crippen LogP contribution in [0.2, 0.25) is 0 Å². The molecule has 0 aliphatic rings. The van der Waals surface area contributed by atoms with Crippen LogP contribution < -0.4 is 4.98 Å². The molecule has 0 saturated carbocycles. The maximum atomic E-state index is 3.61. The fraction of sp³-hybridized carbons (Fsp3) is 0. The van der Waals surface area contributed by atoms with Gasteiger partial charge in [0, 0.05) is 0 Å². The zero-order chi connectivity index (χ0) is 3.54. The normalized spacial score (nSPS) is 6.67. The first-order valence-corrected chi connectivity index (χ1v) is 1.37. The predicted octanol–water partition coefficient (Wildman–Crippen LogP) is 0.0388. The molecule has 28 valence electrons. The van der Waals surface area contributed by atoms with Gasteiger partial charge in [0.05, 0.1) is 0 Å². The summed E-state index contributed by atoms with van der Waals surface area (Å²) in [5.41, 5.74) is 0. The van der Waals surface area contributed by atoms with E-state index in [4.69, 9.17) is 0 Å². The van der Waals surface area contributed by atoms with Gasteiger partial charge in [0.25, 0.3) is 0 Å². The summed E-state index contributed by atoms with van der Waals surface area (Å²) in [4.78, 5) is 7.22. The van der Waals surface area contributed by atoms with Crippen molar-refractivity contribution in [1.82, 2.24) is 9.97 Å². The van der Waals surface area contributed by atoms with Gasteiger partial charge in [-0.3, -0.25) is 0 Å². The average Bonchev–Trinajstić information content (AvgIpc) is 1.76. The Hall–Kier alpha value is -1.79. The maximum Gasteiger partial charge on any atom is 0 e. The van der Waals surface area contributed by atoms with E-state index >= 15 is 0 Å². The Labute approximate surface area is 29.9 Å². The van der Waals surface area contributed by atoms with E-state index in [0.29, 0.717) is 0 Å². The molecule has 0 aliphatic heterocycles. The van der Waals surface area contributed by atoms with Crippen LogP contribution in [0.4, 0.5) is 0 Å². The van der Waals surface area contributed by atoms with Gasteiger partial charge in [0.15, 0.2) is 0 Å². The van der Waals surface area contributed by atoms with E-state index in [0.717, 1.165) is 0 Å². The Morgan fingerprint density at radius 1 is 1.50 bits per heavy atom. The van der Waals surface area contributed by atoms with Gasteiger partial charge in [-0.25, -0.2) is 0 Å². The van der Waals surface area contributed by atoms with Crippen molar-refractivity contribution < 1.29 is 0 Å². The summed E-state index contributed by atoms with van der Waals surface area (Å²) >= 11 is 0. The van der Waals surface area contributed by atoms with Gasteiger partial charge in [-0.2, -0.15) is 0 Å². The van der Waals surface area contributed by atoms with Crippen molar-refractivity contribution in [3.05, 3.63) is 18.7 Å². The Bertz CT molecular complexity index is 65.3. The average molecular weight is 334 g/mol. The Balaban J connectivity index is 0.000000250. The molecule has 0 amide bonds. The van der Waals surface area contributed by atoms with E-state index in [1.165, 1.54) is 6.33 Å². The van der Waals surface area contributed by atoms with Gasteiger partial charge in [-0.1, -0.05) is 18.7 Å². The third-order valence-electron chi connectivity index (χ3n) is 0.372. The van der Waals surface area contributed by atoms with Crippen LogP contribution in [0, 0.1) is 0 Å². The Kier molecular flexibility index (Phi) is 1.07. The third-order valence-corrected chi connectivity index (χ3v) is 0.372. The first-order valence-electron chi connectivity index (χ1n) is 1.37. The molecule has 0 aromatic carbocycles. The molecule has 3 heteroatoms. The largest absolute Gasteiger partial charge is 0.450 e. The maximum absolute atomic E-state index is 3.61. The fourth-order valence-electron chi connectivity index (χ4n) is 0.192. The van der Waals surface area contributed by atoms with Crippen LogP contribution in [0.5, 0.6) is 0 Å². The number of aromatic nitrogens is 2. The number of rotatable bonds is 0. The molecule has 0 N–H and O–H groups in total. The third kappa shape index (κ3) is 0.314. The van der Waals surface area contributed by atoms with Crippen LogP contribution in [0.25, 0.3) is 0 Å². The zero-order valence-electron chi connectivity index (χ0n) is 3.33. The summed E-state index contributed by atoms with van der Waals surface area (Å²) in [5, 5.41) is 0. The SMILES string of the molecule is [Rf].c1c[n-]cn1. The van der Waals surface area contributed by atoms with Gasteiger partial charge in [0.1, 0.15) is 0 Å². The monoisotopic (exact) mass is 334 g/mol. The second kappa shape index (κ2) is 1.52. The molecule has 1 aromatic heterocycles. The number of nitrogens with zero attached hydrogens (tertiary/aromatic N) is 2. The molecule has 0 atom stereocenters. The molecule has 1 rings (SSSR count). The van der Waals surface area contributed by atoms with Gasteiger partial charge >= 0.3 is 0 Å². The van der Waals surface area contributed by atoms with Gasteiger partial charge in [0.2, 0.25) is 0 Å². The second-order valence-electron chi connectivity index (χ2n) is 0.712. The molecule has 0 bridgehead atoms. The zero-order valence-corrected chi connectivity index (χ0v) is 9.73. The smallest absolute Gasteiger partial charge is 0 e. The molecular formula is C3H3N2Rf-. The molecule has 0 unspecified atom stereocenters. The molecule has 6 heavy (non-hydrogen) atoms. The van der Waals surface area contributed by atoms with Crippen LogP contribution in [0.1, 0.15) is 0 Å². The Morgan fingerprint density at radius 3 is 2.50 bits per heavy atom. The van der Waals surface area contributed by atoms with E-state index in [1.807, 2.05) is 0 Å². The van der Waals surface area contributed by atoms with E-state index in [9.17, 15) is 0 Å². The molecule has 1 heterocycles. The summed E-state index contributed by atoms with van der Waals surface area (Å²) in [6.45, 7) is 0. The first kappa shape index (κ1) is 4.21. The standard InChI is InChI=1S/C3H3N2.Rf/c1-2-5-3-4-1;/h1-3H;/q-1;. The minimum atomic E-state index is 0. The van der Waals surface area contributed by atoms with Gasteiger partial charge in [-0.15, -0.1) is 0 Å². The summed E-state index contributed by atoms with van der Waals surface area (Å²) in [7, 11) is 0. The van der Waals surface area contributed by atoms with Crippen molar-refractivity contribution in [2.75, 3.05) is 0 Å². The molecule has 1 aromatic rings. The summed E-state index contributed by atoms with van der Waals surface area (Å²) in [6, 6.07) is 0. The van der Waals surface area contributed by atoms with Crippen LogP contribution >= 0.6 is 0 Å². The van der Waals surface area contributed by atoms with Crippen molar-refractivity contribution in [3.8, 4) is 0 Å². The van der Waals surface area contributed by atoms with Crippen molar-refractivity contribution in [1.29, 1.82) is 0 Å². The number of hydrogen-bond donors (Lipinski definition) is 0. The minimum Gasteiger partial charge on any atom is -0.450 e. The van der Waals surface area contributed by atoms with Crippen molar-refractivity contribution in [2.45, 2.75) is 0 Å². The molecule has 0 spiro atoms. The first-order chi connectivity index (χ1) is 2.50. The van der Waals surface area contributed by atoms with Crippen LogP contribution in [0.15, 0.2) is 18.7 Å². The number of hydrogen-bond acceptors (Lipinski definition) is 1. The molecule has 0 aliphatic carbocycles. The van der Waals surface area contributed by atoms with E-state index in [2.05, 4.69) is 9.97 Å². The predicted molar refractivity (Wildman–Crippen MR) is 17.6 cm³/mol. The van der Waals surface area contributed by atoms with Gasteiger partial charge in [-0.05, 0) is 0 Å². The van der Waals surface area contributed by atoms with Crippen molar-refractivity contribution >= 4 is 0 Å². The van der Waals surface area contributed by atoms with E-state index in [-0.39, 0.29) is 0 Å². The quantitative estimate of drug-likeness (QED) is 0.670. The molecule has 0 fully saturated rings. The summed E-state index contributed by atoms with van der Waals surface area (Å²) in [5.74, 6) is 0. The Morgan fingerprint density at radius 2 is 2.33 bits per heavy atom. The summed E-state index contributed by atoms with van der Waals surface area (Å²) < 4.78 is 0. The second-order valence-corrected chi connectivity index (χ2v) is 0.712. The summed E-state index contributed by atoms with van der Waals surface area (Å²) in [6.07, 6.45) is 4.78.